The smallest absolute Gasteiger partial charge is 0.274 e. The molecule has 3 aliphatic rings. The maximum atomic E-state index is 13.7. The van der Waals surface area contributed by atoms with Gasteiger partial charge >= 0.3 is 0 Å². The summed E-state index contributed by atoms with van der Waals surface area (Å²) in [4.78, 5) is 27.2. The zero-order valence-electron chi connectivity index (χ0n) is 16.7. The molecule has 3 heterocycles. The van der Waals surface area contributed by atoms with Crippen LogP contribution in [0.15, 0.2) is 35.7 Å². The maximum Gasteiger partial charge on any atom is 0.274 e. The highest BCUT2D eigenvalue weighted by atomic mass is 19.1. The Morgan fingerprint density at radius 3 is 2.65 bits per heavy atom. The second-order valence-corrected chi connectivity index (χ2v) is 8.41. The van der Waals surface area contributed by atoms with E-state index in [4.69, 9.17) is 6.57 Å². The molecule has 1 aliphatic carbocycles. The molecule has 9 heteroatoms. The van der Waals surface area contributed by atoms with Gasteiger partial charge in [-0.2, -0.15) is 10.1 Å². The Bertz CT molecular complexity index is 1090. The van der Waals surface area contributed by atoms with E-state index in [0.717, 1.165) is 18.9 Å². The average molecular weight is 422 g/mol. The third kappa shape index (κ3) is 3.52. The van der Waals surface area contributed by atoms with Gasteiger partial charge in [-0.1, -0.05) is 6.57 Å². The highest BCUT2D eigenvalue weighted by molar-refractivity contribution is 5.83. The highest BCUT2D eigenvalue weighted by Gasteiger charge is 2.56. The summed E-state index contributed by atoms with van der Waals surface area (Å²) in [6, 6.07) is 4.54. The molecule has 0 bridgehead atoms. The van der Waals surface area contributed by atoms with Crippen molar-refractivity contribution in [2.24, 2.45) is 16.4 Å². The van der Waals surface area contributed by atoms with Crippen LogP contribution in [0.25, 0.3) is 4.85 Å². The van der Waals surface area contributed by atoms with E-state index in [1.165, 1.54) is 23.5 Å². The number of hydrazone groups is 1. The van der Waals surface area contributed by atoms with Crippen LogP contribution in [-0.4, -0.2) is 40.2 Å². The predicted molar refractivity (Wildman–Crippen MR) is 109 cm³/mol. The lowest BCUT2D eigenvalue weighted by atomic mass is 9.81. The molecule has 1 saturated heterocycles. The van der Waals surface area contributed by atoms with Gasteiger partial charge in [0.25, 0.3) is 5.82 Å². The molecule has 7 nitrogen and oxygen atoms in total. The quantitative estimate of drug-likeness (QED) is 0.705. The number of hydrogen-bond donors (Lipinski definition) is 0. The van der Waals surface area contributed by atoms with Crippen LogP contribution >= 0.6 is 0 Å². The summed E-state index contributed by atoms with van der Waals surface area (Å²) >= 11 is 0. The first-order valence-corrected chi connectivity index (χ1v) is 10.2. The van der Waals surface area contributed by atoms with Crippen LogP contribution in [0.4, 0.5) is 20.4 Å². The van der Waals surface area contributed by atoms with E-state index in [9.17, 15) is 13.6 Å². The molecule has 2 atom stereocenters. The largest absolute Gasteiger partial charge is 0.360 e. The van der Waals surface area contributed by atoms with E-state index in [2.05, 4.69) is 24.8 Å². The van der Waals surface area contributed by atoms with Crippen molar-refractivity contribution in [3.05, 3.63) is 59.2 Å². The molecular formula is C22H20F2N6O. The molecule has 1 amide bonds. The number of carbonyl (C=O) groups excluding carboxylic acids is 1. The first-order chi connectivity index (χ1) is 15.0. The highest BCUT2D eigenvalue weighted by Crippen LogP contribution is 2.57. The molecule has 31 heavy (non-hydrogen) atoms. The standard InChI is InChI=1S/C22H20F2N6O/c1-25-19-11-20(27-13-26-19)29-7-3-17(22(12-29)4-5-22)21(31)30-18(2-6-28-30)14-8-15(23)10-16(24)9-14/h6,8-11,13,17-18H,2-5,7,12H2. The fourth-order valence-electron chi connectivity index (χ4n) is 4.81. The maximum absolute atomic E-state index is 13.7. The fraction of sp³-hybridized carbons (Fsp3) is 0.409. The normalized spacial score (nSPS) is 23.8. The Labute approximate surface area is 178 Å². The molecule has 2 aliphatic heterocycles. The number of rotatable bonds is 3. The number of nitrogens with zero attached hydrogens (tertiary/aromatic N) is 6. The summed E-state index contributed by atoms with van der Waals surface area (Å²) in [6.07, 6.45) is 5.94. The first kappa shape index (κ1) is 19.5. The minimum atomic E-state index is -0.662. The van der Waals surface area contributed by atoms with Gasteiger partial charge in [0, 0.05) is 43.8 Å². The van der Waals surface area contributed by atoms with Crippen molar-refractivity contribution in [1.29, 1.82) is 0 Å². The van der Waals surface area contributed by atoms with Crippen LogP contribution in [0.3, 0.4) is 0 Å². The third-order valence-electron chi connectivity index (χ3n) is 6.53. The van der Waals surface area contributed by atoms with Crippen molar-refractivity contribution in [2.45, 2.75) is 31.7 Å². The number of amides is 1. The number of anilines is 1. The van der Waals surface area contributed by atoms with Crippen LogP contribution in [0.5, 0.6) is 0 Å². The summed E-state index contributed by atoms with van der Waals surface area (Å²) in [5.41, 5.74) is 0.257. The summed E-state index contributed by atoms with van der Waals surface area (Å²) in [5.74, 6) is -0.628. The molecule has 2 fully saturated rings. The Kier molecular flexibility index (Phi) is 4.65. The molecule has 2 aromatic rings. The van der Waals surface area contributed by atoms with Gasteiger partial charge in [0.05, 0.1) is 6.04 Å². The van der Waals surface area contributed by atoms with E-state index in [1.807, 2.05) is 0 Å². The molecule has 2 unspecified atom stereocenters. The second-order valence-electron chi connectivity index (χ2n) is 8.41. The molecule has 1 aromatic carbocycles. The van der Waals surface area contributed by atoms with Crippen LogP contribution in [0.1, 0.15) is 37.3 Å². The van der Waals surface area contributed by atoms with Crippen molar-refractivity contribution in [3.63, 3.8) is 0 Å². The Balaban J connectivity index is 1.35. The predicted octanol–water partition coefficient (Wildman–Crippen LogP) is 3.87. The molecule has 1 aromatic heterocycles. The van der Waals surface area contributed by atoms with E-state index in [1.54, 1.807) is 12.3 Å². The van der Waals surface area contributed by atoms with Gasteiger partial charge in [-0.25, -0.2) is 13.8 Å². The van der Waals surface area contributed by atoms with Gasteiger partial charge in [-0.15, -0.1) is 4.98 Å². The molecule has 0 N–H and O–H groups in total. The monoisotopic (exact) mass is 422 g/mol. The average Bonchev–Trinajstić information content (AvgIpc) is 3.34. The number of carbonyl (C=O) groups is 1. The van der Waals surface area contributed by atoms with Crippen LogP contribution in [0.2, 0.25) is 0 Å². The van der Waals surface area contributed by atoms with E-state index < -0.39 is 17.7 Å². The number of piperidine rings is 1. The zero-order valence-corrected chi connectivity index (χ0v) is 16.7. The number of benzene rings is 1. The van der Waals surface area contributed by atoms with Gasteiger partial charge in [0.2, 0.25) is 12.2 Å². The lowest BCUT2D eigenvalue weighted by Gasteiger charge is -2.40. The molecule has 158 valence electrons. The number of aromatic nitrogens is 2. The van der Waals surface area contributed by atoms with Crippen LogP contribution in [-0.2, 0) is 4.79 Å². The zero-order chi connectivity index (χ0) is 21.6. The lowest BCUT2D eigenvalue weighted by Crippen LogP contribution is -2.48. The van der Waals surface area contributed by atoms with Crippen molar-refractivity contribution in [3.8, 4) is 0 Å². The molecule has 0 radical (unpaired) electrons. The second kappa shape index (κ2) is 7.38. The number of hydrogen-bond acceptors (Lipinski definition) is 5. The van der Waals surface area contributed by atoms with Gasteiger partial charge in [-0.05, 0) is 42.4 Å². The van der Waals surface area contributed by atoms with E-state index in [0.29, 0.717) is 43.1 Å². The molecule has 1 spiro atoms. The van der Waals surface area contributed by atoms with Gasteiger partial charge in [0.15, 0.2) is 0 Å². The van der Waals surface area contributed by atoms with Gasteiger partial charge < -0.3 is 9.74 Å². The molecule has 5 rings (SSSR count). The number of halogens is 2. The van der Waals surface area contributed by atoms with Crippen LogP contribution < -0.4 is 4.90 Å². The van der Waals surface area contributed by atoms with Gasteiger partial charge in [0.1, 0.15) is 17.5 Å². The summed E-state index contributed by atoms with van der Waals surface area (Å²) in [7, 11) is 0. The Hall–Kier alpha value is -3.41. The topological polar surface area (TPSA) is 66.1 Å². The summed E-state index contributed by atoms with van der Waals surface area (Å²) < 4.78 is 27.5. The SMILES string of the molecule is [C-]#[N+]c1cc(N2CCC(C(=O)N3N=CCC3c3cc(F)cc(F)c3)C3(CC3)C2)ncn1. The summed E-state index contributed by atoms with van der Waals surface area (Å²) in [6.45, 7) is 8.45. The van der Waals surface area contributed by atoms with Crippen LogP contribution in [0, 0.1) is 29.5 Å². The molecule has 1 saturated carbocycles. The first-order valence-electron chi connectivity index (χ1n) is 10.2. The minimum Gasteiger partial charge on any atom is -0.360 e. The Morgan fingerprint density at radius 1 is 1.16 bits per heavy atom. The van der Waals surface area contributed by atoms with Gasteiger partial charge in [-0.3, -0.25) is 4.79 Å². The minimum absolute atomic E-state index is 0.0925. The van der Waals surface area contributed by atoms with E-state index in [-0.39, 0.29) is 17.2 Å². The third-order valence-corrected chi connectivity index (χ3v) is 6.53. The fourth-order valence-corrected chi connectivity index (χ4v) is 4.81. The lowest BCUT2D eigenvalue weighted by molar-refractivity contribution is -0.140. The summed E-state index contributed by atoms with van der Waals surface area (Å²) in [5, 5.41) is 5.68. The van der Waals surface area contributed by atoms with Crippen molar-refractivity contribution < 1.29 is 13.6 Å². The van der Waals surface area contributed by atoms with Crippen molar-refractivity contribution in [1.82, 2.24) is 15.0 Å². The van der Waals surface area contributed by atoms with E-state index >= 15 is 0 Å². The van der Waals surface area contributed by atoms with Crippen molar-refractivity contribution >= 4 is 23.8 Å². The molecular weight excluding hydrogens is 402 g/mol. The Morgan fingerprint density at radius 2 is 1.94 bits per heavy atom. The van der Waals surface area contributed by atoms with Crippen molar-refractivity contribution in [2.75, 3.05) is 18.0 Å².